The highest BCUT2D eigenvalue weighted by molar-refractivity contribution is 7.93. The number of ether oxygens (including phenoxy) is 2. The Bertz CT molecular complexity index is 699. The zero-order valence-corrected chi connectivity index (χ0v) is 12.7. The van der Waals surface area contributed by atoms with E-state index in [1.807, 2.05) is 0 Å². The zero-order chi connectivity index (χ0) is 14.8. The Morgan fingerprint density at radius 3 is 2.70 bits per heavy atom. The molecule has 0 spiro atoms. The Labute approximate surface area is 121 Å². The first kappa shape index (κ1) is 14.5. The highest BCUT2D eigenvalue weighted by atomic mass is 32.2. The predicted molar refractivity (Wildman–Crippen MR) is 75.0 cm³/mol. The van der Waals surface area contributed by atoms with Gasteiger partial charge in [0.05, 0.1) is 14.2 Å². The number of methoxy groups -OCH3 is 2. The lowest BCUT2D eigenvalue weighted by molar-refractivity contribution is 0.391. The van der Waals surface area contributed by atoms with Gasteiger partial charge < -0.3 is 9.47 Å². The lowest BCUT2D eigenvalue weighted by Crippen LogP contribution is -2.27. The molecule has 0 radical (unpaired) electrons. The molecule has 0 unspecified atom stereocenters. The summed E-state index contributed by atoms with van der Waals surface area (Å²) in [5, 5.41) is 1.42. The van der Waals surface area contributed by atoms with Gasteiger partial charge in [0.1, 0.15) is 11.6 Å². The first-order valence-corrected chi connectivity index (χ1v) is 7.75. The number of rotatable bonds is 5. The number of nitrogens with zero attached hydrogens (tertiary/aromatic N) is 3. The van der Waals surface area contributed by atoms with Gasteiger partial charge >= 0.3 is 0 Å². The van der Waals surface area contributed by atoms with Gasteiger partial charge in [-0.1, -0.05) is 0 Å². The van der Waals surface area contributed by atoms with Crippen LogP contribution >= 0.6 is 11.5 Å². The number of hydrogen-bond acceptors (Lipinski definition) is 7. The molecule has 20 heavy (non-hydrogen) atoms. The van der Waals surface area contributed by atoms with E-state index in [4.69, 9.17) is 9.47 Å². The van der Waals surface area contributed by atoms with Crippen molar-refractivity contribution in [3.05, 3.63) is 23.7 Å². The highest BCUT2D eigenvalue weighted by Crippen LogP contribution is 2.29. The molecular formula is C11H13N3O4S2. The fourth-order valence-corrected chi connectivity index (χ4v) is 3.68. The maximum Gasteiger partial charge on any atom is 0.271 e. The van der Waals surface area contributed by atoms with E-state index in [9.17, 15) is 8.42 Å². The molecule has 0 saturated heterocycles. The molecule has 2 aromatic rings. The van der Waals surface area contributed by atoms with Crippen LogP contribution in [0.4, 0.5) is 5.82 Å². The van der Waals surface area contributed by atoms with Crippen molar-refractivity contribution in [2.24, 2.45) is 0 Å². The van der Waals surface area contributed by atoms with Crippen molar-refractivity contribution in [3.8, 4) is 11.6 Å². The molecule has 2 heterocycles. The van der Waals surface area contributed by atoms with Crippen LogP contribution in [0.15, 0.2) is 28.6 Å². The van der Waals surface area contributed by atoms with Gasteiger partial charge in [-0.25, -0.2) is 13.4 Å². The van der Waals surface area contributed by atoms with Crippen LogP contribution in [0.5, 0.6) is 11.6 Å². The molecule has 0 N–H and O–H groups in total. The van der Waals surface area contributed by atoms with E-state index < -0.39 is 10.0 Å². The SMILES string of the molecule is COc1ccnc(N(C)S(=O)(=O)c2csnc2OC)c1. The third kappa shape index (κ3) is 2.54. The largest absolute Gasteiger partial charge is 0.497 e. The normalized spacial score (nSPS) is 11.2. The number of aromatic nitrogens is 2. The number of anilines is 1. The minimum atomic E-state index is -3.78. The maximum absolute atomic E-state index is 12.5. The van der Waals surface area contributed by atoms with E-state index in [2.05, 4.69) is 9.36 Å². The molecule has 0 bridgehead atoms. The van der Waals surface area contributed by atoms with E-state index in [0.29, 0.717) is 5.75 Å². The summed E-state index contributed by atoms with van der Waals surface area (Å²) < 4.78 is 40.0. The van der Waals surface area contributed by atoms with Crippen LogP contribution in [0.2, 0.25) is 0 Å². The zero-order valence-electron chi connectivity index (χ0n) is 11.1. The van der Waals surface area contributed by atoms with Gasteiger partial charge in [-0.05, 0) is 17.6 Å². The summed E-state index contributed by atoms with van der Waals surface area (Å²) in [5.74, 6) is 0.842. The number of sulfonamides is 1. The summed E-state index contributed by atoms with van der Waals surface area (Å²) in [6.07, 6.45) is 1.48. The van der Waals surface area contributed by atoms with Gasteiger partial charge in [0, 0.05) is 24.7 Å². The second-order valence-corrected chi connectivity index (χ2v) is 6.28. The minimum absolute atomic E-state index is 0.0112. The fraction of sp³-hybridized carbons (Fsp3) is 0.273. The molecule has 2 aromatic heterocycles. The van der Waals surface area contributed by atoms with E-state index >= 15 is 0 Å². The molecule has 2 rings (SSSR count). The van der Waals surface area contributed by atoms with Crippen molar-refractivity contribution >= 4 is 27.4 Å². The Hall–Kier alpha value is -1.87. The lowest BCUT2D eigenvalue weighted by atomic mass is 10.4. The van der Waals surface area contributed by atoms with Crippen LogP contribution in [-0.2, 0) is 10.0 Å². The van der Waals surface area contributed by atoms with E-state index in [-0.39, 0.29) is 16.6 Å². The van der Waals surface area contributed by atoms with Crippen LogP contribution < -0.4 is 13.8 Å². The Morgan fingerprint density at radius 1 is 1.30 bits per heavy atom. The third-order valence-electron chi connectivity index (χ3n) is 2.61. The monoisotopic (exact) mass is 315 g/mol. The summed E-state index contributed by atoms with van der Waals surface area (Å²) in [7, 11) is 0.505. The minimum Gasteiger partial charge on any atom is -0.497 e. The van der Waals surface area contributed by atoms with Crippen molar-refractivity contribution in [3.63, 3.8) is 0 Å². The molecule has 108 valence electrons. The van der Waals surface area contributed by atoms with Crippen LogP contribution in [0, 0.1) is 0 Å². The molecule has 0 aliphatic rings. The topological polar surface area (TPSA) is 81.6 Å². The van der Waals surface area contributed by atoms with Crippen molar-refractivity contribution < 1.29 is 17.9 Å². The first-order valence-electron chi connectivity index (χ1n) is 5.48. The van der Waals surface area contributed by atoms with Gasteiger partial charge in [0.15, 0.2) is 4.90 Å². The van der Waals surface area contributed by atoms with Crippen molar-refractivity contribution in [1.29, 1.82) is 0 Å². The lowest BCUT2D eigenvalue weighted by Gasteiger charge is -2.18. The van der Waals surface area contributed by atoms with Crippen LogP contribution in [0.3, 0.4) is 0 Å². The molecule has 0 aliphatic carbocycles. The molecule has 0 amide bonds. The number of pyridine rings is 1. The molecule has 7 nitrogen and oxygen atoms in total. The van der Waals surface area contributed by atoms with Crippen LogP contribution in [-0.4, -0.2) is 39.0 Å². The molecule has 0 fully saturated rings. The summed E-state index contributed by atoms with van der Waals surface area (Å²) in [4.78, 5) is 4.04. The molecule has 0 atom stereocenters. The summed E-state index contributed by atoms with van der Waals surface area (Å²) in [5.41, 5.74) is 0. The maximum atomic E-state index is 12.5. The van der Waals surface area contributed by atoms with Gasteiger partial charge in [0.25, 0.3) is 10.0 Å². The van der Waals surface area contributed by atoms with Crippen LogP contribution in [0.1, 0.15) is 0 Å². The van der Waals surface area contributed by atoms with Crippen molar-refractivity contribution in [2.75, 3.05) is 25.6 Å². The molecule has 0 aliphatic heterocycles. The van der Waals surface area contributed by atoms with Crippen LogP contribution in [0.25, 0.3) is 0 Å². The molecular weight excluding hydrogens is 302 g/mol. The second-order valence-electron chi connectivity index (χ2n) is 3.71. The summed E-state index contributed by atoms with van der Waals surface area (Å²) in [6.45, 7) is 0. The molecule has 0 saturated carbocycles. The predicted octanol–water partition coefficient (Wildman–Crippen LogP) is 1.38. The standard InChI is InChI=1S/C11H13N3O4S2/c1-14(10-6-8(17-2)4-5-12-10)20(15,16)9-7-19-13-11(9)18-3/h4-7H,1-3H3. The van der Waals surface area contributed by atoms with Gasteiger partial charge in [0.2, 0.25) is 5.88 Å². The average Bonchev–Trinajstić information content (AvgIpc) is 2.95. The second kappa shape index (κ2) is 5.63. The van der Waals surface area contributed by atoms with Crippen molar-refractivity contribution in [2.45, 2.75) is 4.90 Å². The first-order chi connectivity index (χ1) is 9.50. The van der Waals surface area contributed by atoms with Gasteiger partial charge in [-0.3, -0.25) is 4.31 Å². The highest BCUT2D eigenvalue weighted by Gasteiger charge is 2.28. The van der Waals surface area contributed by atoms with Crippen molar-refractivity contribution in [1.82, 2.24) is 9.36 Å². The summed E-state index contributed by atoms with van der Waals surface area (Å²) >= 11 is 1.01. The Balaban J connectivity index is 2.43. The Kier molecular flexibility index (Phi) is 4.09. The summed E-state index contributed by atoms with van der Waals surface area (Å²) in [6, 6.07) is 3.17. The van der Waals surface area contributed by atoms with E-state index in [0.717, 1.165) is 15.8 Å². The quantitative estimate of drug-likeness (QED) is 0.829. The fourth-order valence-electron chi connectivity index (χ4n) is 1.50. The third-order valence-corrected chi connectivity index (χ3v) is 5.13. The number of hydrogen-bond donors (Lipinski definition) is 0. The molecule has 0 aromatic carbocycles. The molecule has 9 heteroatoms. The smallest absolute Gasteiger partial charge is 0.271 e. The van der Waals surface area contributed by atoms with E-state index in [1.165, 1.54) is 38.9 Å². The average molecular weight is 315 g/mol. The Morgan fingerprint density at radius 2 is 2.05 bits per heavy atom. The van der Waals surface area contributed by atoms with Gasteiger partial charge in [-0.15, -0.1) is 0 Å². The van der Waals surface area contributed by atoms with Gasteiger partial charge in [-0.2, -0.15) is 4.37 Å². The van der Waals surface area contributed by atoms with E-state index in [1.54, 1.807) is 6.07 Å².